The standard InChI is InChI=1S/C11H26N2O2/c1-5-7-13(6-2)10(9-12)8-11(14-3)15-4/h10-11H,5-9,12H2,1-4H3. The van der Waals surface area contributed by atoms with E-state index >= 15 is 0 Å². The number of hydrogen-bond donors (Lipinski definition) is 1. The van der Waals surface area contributed by atoms with Gasteiger partial charge in [0.25, 0.3) is 0 Å². The summed E-state index contributed by atoms with van der Waals surface area (Å²) in [5, 5.41) is 0. The number of hydrogen-bond acceptors (Lipinski definition) is 4. The van der Waals surface area contributed by atoms with Crippen molar-refractivity contribution < 1.29 is 9.47 Å². The van der Waals surface area contributed by atoms with Gasteiger partial charge in [-0.3, -0.25) is 4.90 Å². The van der Waals surface area contributed by atoms with Crippen molar-refractivity contribution >= 4 is 0 Å². The summed E-state index contributed by atoms with van der Waals surface area (Å²) < 4.78 is 10.4. The van der Waals surface area contributed by atoms with Crippen molar-refractivity contribution in [3.63, 3.8) is 0 Å². The summed E-state index contributed by atoms with van der Waals surface area (Å²) in [5.41, 5.74) is 5.78. The second-order valence-electron chi connectivity index (χ2n) is 3.65. The predicted octanol–water partition coefficient (Wildman–Crippen LogP) is 1.05. The van der Waals surface area contributed by atoms with Crippen LogP contribution in [0.2, 0.25) is 0 Å². The van der Waals surface area contributed by atoms with E-state index in [1.165, 1.54) is 0 Å². The van der Waals surface area contributed by atoms with Crippen LogP contribution in [-0.4, -0.2) is 51.1 Å². The second kappa shape index (κ2) is 9.09. The van der Waals surface area contributed by atoms with Crippen molar-refractivity contribution in [2.45, 2.75) is 39.0 Å². The van der Waals surface area contributed by atoms with Crippen molar-refractivity contribution in [1.29, 1.82) is 0 Å². The van der Waals surface area contributed by atoms with Gasteiger partial charge in [0, 0.05) is 33.2 Å². The zero-order valence-electron chi connectivity index (χ0n) is 10.5. The maximum atomic E-state index is 5.78. The molecule has 1 unspecified atom stereocenters. The molecule has 0 aromatic heterocycles. The minimum Gasteiger partial charge on any atom is -0.356 e. The third-order valence-corrected chi connectivity index (χ3v) is 2.70. The Hall–Kier alpha value is -0.160. The van der Waals surface area contributed by atoms with Crippen LogP contribution in [0, 0.1) is 0 Å². The molecule has 0 aromatic carbocycles. The minimum atomic E-state index is -0.149. The molecular formula is C11H26N2O2. The zero-order chi connectivity index (χ0) is 11.7. The highest BCUT2D eigenvalue weighted by molar-refractivity contribution is 4.72. The monoisotopic (exact) mass is 218 g/mol. The lowest BCUT2D eigenvalue weighted by Gasteiger charge is -2.31. The molecule has 0 fully saturated rings. The Labute approximate surface area is 93.7 Å². The second-order valence-corrected chi connectivity index (χ2v) is 3.65. The van der Waals surface area contributed by atoms with Crippen LogP contribution in [0.4, 0.5) is 0 Å². The summed E-state index contributed by atoms with van der Waals surface area (Å²) in [7, 11) is 3.33. The van der Waals surface area contributed by atoms with Crippen LogP contribution in [-0.2, 0) is 9.47 Å². The Bertz CT molecular complexity index is 141. The number of methoxy groups -OCH3 is 2. The zero-order valence-corrected chi connectivity index (χ0v) is 10.5. The van der Waals surface area contributed by atoms with Gasteiger partial charge in [-0.2, -0.15) is 0 Å². The van der Waals surface area contributed by atoms with Gasteiger partial charge in [-0.1, -0.05) is 13.8 Å². The fraction of sp³-hybridized carbons (Fsp3) is 1.00. The lowest BCUT2D eigenvalue weighted by atomic mass is 10.1. The molecule has 4 nitrogen and oxygen atoms in total. The number of nitrogens with two attached hydrogens (primary N) is 1. The molecular weight excluding hydrogens is 192 g/mol. The van der Waals surface area contributed by atoms with E-state index in [4.69, 9.17) is 15.2 Å². The topological polar surface area (TPSA) is 47.7 Å². The SMILES string of the molecule is CCCN(CC)C(CN)CC(OC)OC. The number of rotatable bonds is 9. The van der Waals surface area contributed by atoms with Gasteiger partial charge in [-0.05, 0) is 19.5 Å². The molecule has 0 heterocycles. The van der Waals surface area contributed by atoms with Gasteiger partial charge in [-0.25, -0.2) is 0 Å². The van der Waals surface area contributed by atoms with E-state index in [0.717, 1.165) is 25.9 Å². The van der Waals surface area contributed by atoms with Crippen molar-refractivity contribution in [2.75, 3.05) is 33.9 Å². The summed E-state index contributed by atoms with van der Waals surface area (Å²) in [4.78, 5) is 2.38. The fourth-order valence-electron chi connectivity index (χ4n) is 1.79. The van der Waals surface area contributed by atoms with Gasteiger partial charge < -0.3 is 15.2 Å². The molecule has 0 spiro atoms. The molecule has 92 valence electrons. The molecule has 0 aliphatic carbocycles. The van der Waals surface area contributed by atoms with Crippen LogP contribution in [0.5, 0.6) is 0 Å². The molecule has 1 atom stereocenters. The van der Waals surface area contributed by atoms with Gasteiger partial charge in [0.1, 0.15) is 0 Å². The largest absolute Gasteiger partial charge is 0.356 e. The number of likely N-dealkylation sites (N-methyl/N-ethyl adjacent to an activating group) is 1. The van der Waals surface area contributed by atoms with Crippen molar-refractivity contribution in [3.8, 4) is 0 Å². The molecule has 0 aliphatic rings. The van der Waals surface area contributed by atoms with E-state index < -0.39 is 0 Å². The third-order valence-electron chi connectivity index (χ3n) is 2.70. The normalized spacial score (nSPS) is 13.8. The van der Waals surface area contributed by atoms with Crippen LogP contribution < -0.4 is 5.73 Å². The van der Waals surface area contributed by atoms with Gasteiger partial charge in [0.2, 0.25) is 0 Å². The predicted molar refractivity (Wildman–Crippen MR) is 62.8 cm³/mol. The summed E-state index contributed by atoms with van der Waals surface area (Å²) in [6.07, 6.45) is 1.83. The fourth-order valence-corrected chi connectivity index (χ4v) is 1.79. The van der Waals surface area contributed by atoms with E-state index in [2.05, 4.69) is 18.7 Å². The molecule has 0 radical (unpaired) electrons. The van der Waals surface area contributed by atoms with Crippen molar-refractivity contribution in [2.24, 2.45) is 5.73 Å². The smallest absolute Gasteiger partial charge is 0.158 e. The number of ether oxygens (including phenoxy) is 2. The first-order valence-electron chi connectivity index (χ1n) is 5.73. The summed E-state index contributed by atoms with van der Waals surface area (Å²) in [6, 6.07) is 0.347. The first kappa shape index (κ1) is 14.8. The molecule has 0 aromatic rings. The summed E-state index contributed by atoms with van der Waals surface area (Å²) >= 11 is 0. The van der Waals surface area contributed by atoms with E-state index in [-0.39, 0.29) is 6.29 Å². The van der Waals surface area contributed by atoms with Gasteiger partial charge in [0.05, 0.1) is 0 Å². The molecule has 2 N–H and O–H groups in total. The Balaban J connectivity index is 4.17. The lowest BCUT2D eigenvalue weighted by molar-refractivity contribution is -0.116. The highest BCUT2D eigenvalue weighted by Gasteiger charge is 2.19. The lowest BCUT2D eigenvalue weighted by Crippen LogP contribution is -2.43. The van der Waals surface area contributed by atoms with Crippen LogP contribution in [0.1, 0.15) is 26.7 Å². The Morgan fingerprint density at radius 2 is 1.80 bits per heavy atom. The molecule has 0 bridgehead atoms. The highest BCUT2D eigenvalue weighted by Crippen LogP contribution is 2.09. The average molecular weight is 218 g/mol. The molecule has 15 heavy (non-hydrogen) atoms. The van der Waals surface area contributed by atoms with Gasteiger partial charge in [-0.15, -0.1) is 0 Å². The van der Waals surface area contributed by atoms with E-state index in [1.54, 1.807) is 14.2 Å². The maximum absolute atomic E-state index is 5.78. The quantitative estimate of drug-likeness (QED) is 0.588. The molecule has 0 saturated carbocycles. The molecule has 4 heteroatoms. The Kier molecular flexibility index (Phi) is 9.00. The van der Waals surface area contributed by atoms with Gasteiger partial charge >= 0.3 is 0 Å². The van der Waals surface area contributed by atoms with Crippen LogP contribution in [0.3, 0.4) is 0 Å². The Morgan fingerprint density at radius 1 is 1.20 bits per heavy atom. The van der Waals surface area contributed by atoms with Crippen molar-refractivity contribution in [1.82, 2.24) is 4.90 Å². The van der Waals surface area contributed by atoms with Crippen LogP contribution in [0.15, 0.2) is 0 Å². The van der Waals surface area contributed by atoms with Crippen LogP contribution in [0.25, 0.3) is 0 Å². The Morgan fingerprint density at radius 3 is 2.13 bits per heavy atom. The highest BCUT2D eigenvalue weighted by atomic mass is 16.7. The summed E-state index contributed by atoms with van der Waals surface area (Å²) in [6.45, 7) is 7.10. The van der Waals surface area contributed by atoms with E-state index in [0.29, 0.717) is 12.6 Å². The van der Waals surface area contributed by atoms with E-state index in [9.17, 15) is 0 Å². The molecule has 0 aliphatic heterocycles. The summed E-state index contributed by atoms with van der Waals surface area (Å²) in [5.74, 6) is 0. The van der Waals surface area contributed by atoms with Crippen LogP contribution >= 0.6 is 0 Å². The maximum Gasteiger partial charge on any atom is 0.158 e. The third kappa shape index (κ3) is 5.47. The molecule has 0 amide bonds. The molecule has 0 saturated heterocycles. The van der Waals surface area contributed by atoms with Gasteiger partial charge in [0.15, 0.2) is 6.29 Å². The first-order valence-corrected chi connectivity index (χ1v) is 5.73. The minimum absolute atomic E-state index is 0.149. The average Bonchev–Trinajstić information content (AvgIpc) is 2.28. The number of nitrogens with zero attached hydrogens (tertiary/aromatic N) is 1. The van der Waals surface area contributed by atoms with Crippen molar-refractivity contribution in [3.05, 3.63) is 0 Å². The van der Waals surface area contributed by atoms with E-state index in [1.807, 2.05) is 0 Å². The molecule has 0 rings (SSSR count). The first-order chi connectivity index (χ1) is 7.23.